The summed E-state index contributed by atoms with van der Waals surface area (Å²) < 4.78 is 1.21. The first-order chi connectivity index (χ1) is 6.74. The van der Waals surface area contributed by atoms with Gasteiger partial charge in [0.25, 0.3) is 0 Å². The first-order valence-electron chi connectivity index (χ1n) is 4.06. The van der Waals surface area contributed by atoms with Crippen LogP contribution in [0.25, 0.3) is 0 Å². The van der Waals surface area contributed by atoms with Gasteiger partial charge in [-0.15, -0.1) is 11.3 Å². The average Bonchev–Trinajstić information content (AvgIpc) is 2.54. The lowest BCUT2D eigenvalue weighted by molar-refractivity contribution is 0.976. The quantitative estimate of drug-likeness (QED) is 0.795. The zero-order chi connectivity index (χ0) is 9.97. The number of thiophene rings is 1. The molecular weight excluding hydrogens is 214 g/mol. The molecule has 0 fully saturated rings. The summed E-state index contributed by atoms with van der Waals surface area (Å²) in [5.74, 6) is 1.24. The van der Waals surface area contributed by atoms with Gasteiger partial charge in [0.15, 0.2) is 0 Å². The Hall–Kier alpha value is -1.07. The molecule has 72 valence electrons. The van der Waals surface area contributed by atoms with Gasteiger partial charge in [0, 0.05) is 6.07 Å². The Bertz CT molecular complexity index is 405. The summed E-state index contributed by atoms with van der Waals surface area (Å²) in [6.07, 6.45) is 0. The highest BCUT2D eigenvalue weighted by Crippen LogP contribution is 2.30. The molecule has 0 bridgehead atoms. The van der Waals surface area contributed by atoms with E-state index in [2.05, 4.69) is 16.0 Å². The van der Waals surface area contributed by atoms with Gasteiger partial charge < -0.3 is 5.73 Å². The Balaban J connectivity index is 2.25. The molecule has 0 amide bonds. The van der Waals surface area contributed by atoms with Crippen LogP contribution in [0.5, 0.6) is 0 Å². The van der Waals surface area contributed by atoms with E-state index in [1.807, 2.05) is 18.4 Å². The van der Waals surface area contributed by atoms with Crippen molar-refractivity contribution < 1.29 is 0 Å². The van der Waals surface area contributed by atoms with Gasteiger partial charge in [-0.2, -0.15) is 0 Å². The zero-order valence-corrected chi connectivity index (χ0v) is 9.23. The monoisotopic (exact) mass is 223 g/mol. The van der Waals surface area contributed by atoms with Crippen LogP contribution in [0.15, 0.2) is 32.8 Å². The lowest BCUT2D eigenvalue weighted by Crippen LogP contribution is -1.95. The summed E-state index contributed by atoms with van der Waals surface area (Å²) in [6.45, 7) is 1.84. The molecule has 0 aliphatic carbocycles. The zero-order valence-electron chi connectivity index (χ0n) is 7.60. The van der Waals surface area contributed by atoms with E-state index in [-0.39, 0.29) is 0 Å². The van der Waals surface area contributed by atoms with Crippen molar-refractivity contribution in [3.05, 3.63) is 29.4 Å². The van der Waals surface area contributed by atoms with Crippen molar-refractivity contribution in [2.75, 3.05) is 5.73 Å². The van der Waals surface area contributed by atoms with E-state index in [1.54, 1.807) is 29.2 Å². The fraction of sp³-hybridized carbons (Fsp3) is 0.111. The third kappa shape index (κ3) is 2.24. The van der Waals surface area contributed by atoms with Gasteiger partial charge in [-0.1, -0.05) is 17.8 Å². The second-order valence-corrected chi connectivity index (χ2v) is 4.98. The van der Waals surface area contributed by atoms with Crippen molar-refractivity contribution in [1.82, 2.24) is 9.97 Å². The molecule has 0 unspecified atom stereocenters. The van der Waals surface area contributed by atoms with Crippen LogP contribution in [0.2, 0.25) is 0 Å². The highest BCUT2D eigenvalue weighted by molar-refractivity contribution is 8.01. The van der Waals surface area contributed by atoms with Crippen LogP contribution in [0, 0.1) is 6.92 Å². The van der Waals surface area contributed by atoms with Crippen molar-refractivity contribution in [2.45, 2.75) is 16.2 Å². The molecule has 2 aromatic heterocycles. The van der Waals surface area contributed by atoms with Crippen molar-refractivity contribution in [3.63, 3.8) is 0 Å². The second kappa shape index (κ2) is 3.98. The molecule has 2 rings (SSSR count). The van der Waals surface area contributed by atoms with Gasteiger partial charge in [0.05, 0.1) is 4.21 Å². The molecule has 5 heteroatoms. The summed E-state index contributed by atoms with van der Waals surface area (Å²) in [6, 6.07) is 5.87. The third-order valence-corrected chi connectivity index (χ3v) is 3.49. The number of rotatable bonds is 2. The maximum atomic E-state index is 5.63. The molecule has 0 saturated heterocycles. The molecular formula is C9H9N3S2. The molecule has 3 nitrogen and oxygen atoms in total. The standard InChI is InChI=1S/C9H9N3S2/c1-6-11-7(10)5-8(12-6)14-9-3-2-4-13-9/h2-5H,1H3,(H2,10,11,12). The Morgan fingerprint density at radius 2 is 2.29 bits per heavy atom. The number of hydrogen-bond acceptors (Lipinski definition) is 5. The number of aryl methyl sites for hydroxylation is 1. The minimum Gasteiger partial charge on any atom is -0.384 e. The summed E-state index contributed by atoms with van der Waals surface area (Å²) >= 11 is 3.30. The molecule has 2 heterocycles. The van der Waals surface area contributed by atoms with Crippen LogP contribution < -0.4 is 5.73 Å². The van der Waals surface area contributed by atoms with Crippen LogP contribution in [-0.2, 0) is 0 Å². The van der Waals surface area contributed by atoms with Crippen LogP contribution in [0.4, 0.5) is 5.82 Å². The number of anilines is 1. The maximum Gasteiger partial charge on any atom is 0.128 e. The van der Waals surface area contributed by atoms with E-state index in [9.17, 15) is 0 Å². The highest BCUT2D eigenvalue weighted by Gasteiger charge is 2.02. The lowest BCUT2D eigenvalue weighted by atomic mass is 10.5. The van der Waals surface area contributed by atoms with E-state index in [1.165, 1.54) is 4.21 Å². The predicted octanol–water partition coefficient (Wildman–Crippen LogP) is 2.58. The minimum atomic E-state index is 0.525. The van der Waals surface area contributed by atoms with E-state index < -0.39 is 0 Å². The van der Waals surface area contributed by atoms with Crippen LogP contribution in [0.3, 0.4) is 0 Å². The first kappa shape index (κ1) is 9.48. The molecule has 0 radical (unpaired) electrons. The number of nitrogens with zero attached hydrogens (tertiary/aromatic N) is 2. The van der Waals surface area contributed by atoms with Gasteiger partial charge >= 0.3 is 0 Å². The van der Waals surface area contributed by atoms with E-state index >= 15 is 0 Å². The normalized spacial score (nSPS) is 10.4. The third-order valence-electron chi connectivity index (χ3n) is 1.53. The SMILES string of the molecule is Cc1nc(N)cc(Sc2cccs2)n1. The minimum absolute atomic E-state index is 0.525. The number of aromatic nitrogens is 2. The first-order valence-corrected chi connectivity index (χ1v) is 5.76. The molecule has 0 aliphatic heterocycles. The predicted molar refractivity (Wildman–Crippen MR) is 59.6 cm³/mol. The number of nitrogens with two attached hydrogens (primary N) is 1. The summed E-state index contributed by atoms with van der Waals surface area (Å²) in [5, 5.41) is 2.94. The Labute approximate surface area is 90.4 Å². The molecule has 14 heavy (non-hydrogen) atoms. The maximum absolute atomic E-state index is 5.63. The van der Waals surface area contributed by atoms with Crippen molar-refractivity contribution in [3.8, 4) is 0 Å². The molecule has 0 aromatic carbocycles. The molecule has 2 aromatic rings. The number of hydrogen-bond donors (Lipinski definition) is 1. The Morgan fingerprint density at radius 3 is 2.93 bits per heavy atom. The summed E-state index contributed by atoms with van der Waals surface area (Å²) in [4.78, 5) is 8.31. The second-order valence-electron chi connectivity index (χ2n) is 2.71. The molecule has 0 spiro atoms. The van der Waals surface area contributed by atoms with Gasteiger partial charge in [-0.05, 0) is 18.4 Å². The van der Waals surface area contributed by atoms with E-state index in [0.29, 0.717) is 11.6 Å². The van der Waals surface area contributed by atoms with Gasteiger partial charge in [-0.25, -0.2) is 9.97 Å². The molecule has 2 N–H and O–H groups in total. The molecule has 0 atom stereocenters. The fourth-order valence-corrected chi connectivity index (χ4v) is 2.81. The van der Waals surface area contributed by atoms with Gasteiger partial charge in [-0.3, -0.25) is 0 Å². The summed E-state index contributed by atoms with van der Waals surface area (Å²) in [7, 11) is 0. The average molecular weight is 223 g/mol. The van der Waals surface area contributed by atoms with E-state index in [4.69, 9.17) is 5.73 Å². The largest absolute Gasteiger partial charge is 0.384 e. The number of nitrogen functional groups attached to an aromatic ring is 1. The van der Waals surface area contributed by atoms with Crippen molar-refractivity contribution in [2.24, 2.45) is 0 Å². The molecule has 0 aliphatic rings. The Morgan fingerprint density at radius 1 is 1.43 bits per heavy atom. The van der Waals surface area contributed by atoms with Crippen LogP contribution >= 0.6 is 23.1 Å². The Kier molecular flexibility index (Phi) is 2.69. The van der Waals surface area contributed by atoms with Gasteiger partial charge in [0.1, 0.15) is 16.7 Å². The fourth-order valence-electron chi connectivity index (χ4n) is 1.04. The molecule has 0 saturated carbocycles. The van der Waals surface area contributed by atoms with Crippen molar-refractivity contribution in [1.29, 1.82) is 0 Å². The van der Waals surface area contributed by atoms with Crippen molar-refractivity contribution >= 4 is 28.9 Å². The topological polar surface area (TPSA) is 51.8 Å². The lowest BCUT2D eigenvalue weighted by Gasteiger charge is -2.00. The van der Waals surface area contributed by atoms with Gasteiger partial charge in [0.2, 0.25) is 0 Å². The smallest absolute Gasteiger partial charge is 0.128 e. The van der Waals surface area contributed by atoms with Crippen LogP contribution in [0.1, 0.15) is 5.82 Å². The summed E-state index contributed by atoms with van der Waals surface area (Å²) in [5.41, 5.74) is 5.63. The van der Waals surface area contributed by atoms with E-state index in [0.717, 1.165) is 5.03 Å². The highest BCUT2D eigenvalue weighted by atomic mass is 32.2. The van der Waals surface area contributed by atoms with Crippen LogP contribution in [-0.4, -0.2) is 9.97 Å².